The van der Waals surface area contributed by atoms with Crippen LogP contribution in [0.4, 0.5) is 0 Å². The van der Waals surface area contributed by atoms with Gasteiger partial charge in [0.1, 0.15) is 22.1 Å². The Labute approximate surface area is 179 Å². The summed E-state index contributed by atoms with van der Waals surface area (Å²) in [5.74, 6) is -3.67. The first kappa shape index (κ1) is 22.6. The molecule has 1 atom stereocenters. The average Bonchev–Trinajstić information content (AvgIpc) is 2.62. The van der Waals surface area contributed by atoms with Gasteiger partial charge in [-0.25, -0.2) is 13.1 Å². The molecule has 0 aliphatic heterocycles. The highest BCUT2D eigenvalue weighted by atomic mass is 32.2. The minimum atomic E-state index is -3.92. The van der Waals surface area contributed by atoms with Gasteiger partial charge in [0.05, 0.1) is 0 Å². The second kappa shape index (κ2) is 8.56. The maximum absolute atomic E-state index is 12.6. The van der Waals surface area contributed by atoms with Crippen molar-refractivity contribution in [1.82, 2.24) is 4.72 Å². The molecule has 0 bridgehead atoms. The zero-order valence-electron chi connectivity index (χ0n) is 17.1. The molecule has 5 N–H and O–H groups in total. The standard InChI is InChI=1S/C21H24N2O7S/c1-11-8-13(18(20(22)25)21(26)27)9-12(2)19(11)30-15-6-7-16(24)17(10-15)31(28,29)23-14-4-3-5-14/h6-10,14,18,23-24H,3-5H2,1-2H3,(H2,22,25)(H,26,27). The van der Waals surface area contributed by atoms with E-state index in [-0.39, 0.29) is 22.3 Å². The van der Waals surface area contributed by atoms with Crippen LogP contribution in [0, 0.1) is 13.8 Å². The van der Waals surface area contributed by atoms with Crippen molar-refractivity contribution in [2.24, 2.45) is 5.73 Å². The molecule has 31 heavy (non-hydrogen) atoms. The fraction of sp³-hybridized carbons (Fsp3) is 0.333. The van der Waals surface area contributed by atoms with Crippen molar-refractivity contribution in [3.63, 3.8) is 0 Å². The molecule has 2 aromatic carbocycles. The van der Waals surface area contributed by atoms with Gasteiger partial charge in [0.2, 0.25) is 15.9 Å². The van der Waals surface area contributed by atoms with E-state index in [1.54, 1.807) is 13.8 Å². The SMILES string of the molecule is Cc1cc(C(C(N)=O)C(=O)O)cc(C)c1Oc1ccc(O)c(S(=O)(=O)NC2CCC2)c1. The Bertz CT molecular complexity index is 1100. The number of phenolic OH excluding ortho intramolecular Hbond substituents is 1. The Balaban J connectivity index is 1.92. The number of carboxylic acids is 1. The largest absolute Gasteiger partial charge is 0.507 e. The van der Waals surface area contributed by atoms with Crippen molar-refractivity contribution >= 4 is 21.9 Å². The number of nitrogens with one attached hydrogen (secondary N) is 1. The number of amides is 1. The molecule has 3 rings (SSSR count). The molecule has 2 aromatic rings. The Kier molecular flexibility index (Phi) is 6.23. The van der Waals surface area contributed by atoms with Crippen LogP contribution in [0.5, 0.6) is 17.2 Å². The molecule has 1 aliphatic carbocycles. The second-order valence-electron chi connectivity index (χ2n) is 7.64. The van der Waals surface area contributed by atoms with E-state index in [4.69, 9.17) is 10.5 Å². The van der Waals surface area contributed by atoms with Gasteiger partial charge in [-0.1, -0.05) is 18.6 Å². The number of nitrogens with two attached hydrogens (primary N) is 1. The van der Waals surface area contributed by atoms with Crippen molar-refractivity contribution in [1.29, 1.82) is 0 Å². The van der Waals surface area contributed by atoms with Crippen molar-refractivity contribution < 1.29 is 33.0 Å². The summed E-state index contributed by atoms with van der Waals surface area (Å²) in [5, 5.41) is 19.4. The second-order valence-corrected chi connectivity index (χ2v) is 9.32. The van der Waals surface area contributed by atoms with Crippen LogP contribution in [-0.4, -0.2) is 36.5 Å². The number of phenols is 1. The van der Waals surface area contributed by atoms with E-state index in [9.17, 15) is 28.2 Å². The molecule has 1 saturated carbocycles. The number of aromatic hydroxyl groups is 1. The van der Waals surface area contributed by atoms with Crippen molar-refractivity contribution in [2.45, 2.75) is 50.0 Å². The molecule has 1 unspecified atom stereocenters. The number of carbonyl (C=O) groups excluding carboxylic acids is 1. The molecular weight excluding hydrogens is 424 g/mol. The van der Waals surface area contributed by atoms with Crippen molar-refractivity contribution in [3.8, 4) is 17.2 Å². The topological polar surface area (TPSA) is 156 Å². The number of rotatable bonds is 8. The lowest BCUT2D eigenvalue weighted by Crippen LogP contribution is -2.39. The summed E-state index contributed by atoms with van der Waals surface area (Å²) in [6.45, 7) is 3.34. The third kappa shape index (κ3) is 4.80. The lowest BCUT2D eigenvalue weighted by atomic mass is 9.94. The van der Waals surface area contributed by atoms with E-state index in [2.05, 4.69) is 4.72 Å². The molecular formula is C21H24N2O7S. The minimum Gasteiger partial charge on any atom is -0.507 e. The third-order valence-electron chi connectivity index (χ3n) is 5.22. The molecule has 1 amide bonds. The van der Waals surface area contributed by atoms with E-state index in [0.29, 0.717) is 16.9 Å². The quantitative estimate of drug-likeness (QED) is 0.451. The van der Waals surface area contributed by atoms with Gasteiger partial charge in [-0.3, -0.25) is 9.59 Å². The molecule has 0 spiro atoms. The minimum absolute atomic E-state index is 0.140. The number of ether oxygens (including phenoxy) is 1. The Morgan fingerprint density at radius 2 is 1.77 bits per heavy atom. The molecule has 9 nitrogen and oxygen atoms in total. The number of hydrogen-bond acceptors (Lipinski definition) is 6. The highest BCUT2D eigenvalue weighted by Crippen LogP contribution is 2.35. The van der Waals surface area contributed by atoms with Crippen LogP contribution in [0.2, 0.25) is 0 Å². The van der Waals surface area contributed by atoms with Gasteiger partial charge in [-0.05, 0) is 55.5 Å². The third-order valence-corrected chi connectivity index (χ3v) is 6.76. The van der Waals surface area contributed by atoms with Gasteiger partial charge in [0.15, 0.2) is 5.92 Å². The molecule has 0 heterocycles. The van der Waals surface area contributed by atoms with Crippen LogP contribution in [-0.2, 0) is 19.6 Å². The predicted octanol–water partition coefficient (Wildman–Crippen LogP) is 2.29. The first-order valence-corrected chi connectivity index (χ1v) is 11.1. The van der Waals surface area contributed by atoms with Gasteiger partial charge in [0.25, 0.3) is 0 Å². The summed E-state index contributed by atoms with van der Waals surface area (Å²) in [4.78, 5) is 22.6. The van der Waals surface area contributed by atoms with Crippen molar-refractivity contribution in [2.75, 3.05) is 0 Å². The number of aryl methyl sites for hydroxylation is 2. The van der Waals surface area contributed by atoms with Crippen LogP contribution >= 0.6 is 0 Å². The Hall–Kier alpha value is -3.11. The zero-order valence-corrected chi connectivity index (χ0v) is 17.9. The smallest absolute Gasteiger partial charge is 0.320 e. The fourth-order valence-corrected chi connectivity index (χ4v) is 4.86. The normalized spacial score (nSPS) is 15.2. The summed E-state index contributed by atoms with van der Waals surface area (Å²) in [6, 6.07) is 6.72. The monoisotopic (exact) mass is 448 g/mol. The summed E-state index contributed by atoms with van der Waals surface area (Å²) < 4.78 is 33.7. The van der Waals surface area contributed by atoms with Crippen LogP contribution in [0.1, 0.15) is 41.9 Å². The number of carboxylic acid groups (broad SMARTS) is 1. The zero-order chi connectivity index (χ0) is 22.9. The van der Waals surface area contributed by atoms with E-state index in [1.165, 1.54) is 30.3 Å². The molecule has 10 heteroatoms. The number of carbonyl (C=O) groups is 2. The molecule has 0 saturated heterocycles. The van der Waals surface area contributed by atoms with Crippen LogP contribution < -0.4 is 15.2 Å². The maximum atomic E-state index is 12.6. The predicted molar refractivity (Wildman–Crippen MR) is 112 cm³/mol. The molecule has 1 fully saturated rings. The molecule has 1 aliphatic rings. The van der Waals surface area contributed by atoms with Gasteiger partial charge < -0.3 is 20.7 Å². The van der Waals surface area contributed by atoms with Gasteiger partial charge >= 0.3 is 5.97 Å². The Morgan fingerprint density at radius 3 is 2.26 bits per heavy atom. The van der Waals surface area contributed by atoms with Gasteiger partial charge in [-0.2, -0.15) is 0 Å². The summed E-state index contributed by atoms with van der Waals surface area (Å²) in [7, 11) is -3.92. The van der Waals surface area contributed by atoms with Crippen LogP contribution in [0.3, 0.4) is 0 Å². The first-order valence-electron chi connectivity index (χ1n) is 9.66. The van der Waals surface area contributed by atoms with E-state index >= 15 is 0 Å². The highest BCUT2D eigenvalue weighted by Gasteiger charge is 2.28. The van der Waals surface area contributed by atoms with Crippen molar-refractivity contribution in [3.05, 3.63) is 47.0 Å². The summed E-state index contributed by atoms with van der Waals surface area (Å²) >= 11 is 0. The number of hydrogen-bond donors (Lipinski definition) is 4. The average molecular weight is 448 g/mol. The fourth-order valence-electron chi connectivity index (χ4n) is 3.44. The van der Waals surface area contributed by atoms with Crippen LogP contribution in [0.15, 0.2) is 35.2 Å². The number of benzene rings is 2. The molecule has 0 radical (unpaired) electrons. The molecule has 0 aromatic heterocycles. The molecule has 166 valence electrons. The first-order chi connectivity index (χ1) is 14.5. The van der Waals surface area contributed by atoms with Gasteiger partial charge in [0, 0.05) is 12.1 Å². The number of sulfonamides is 1. The lowest BCUT2D eigenvalue weighted by molar-refractivity contribution is -0.142. The number of primary amides is 1. The lowest BCUT2D eigenvalue weighted by Gasteiger charge is -2.26. The summed E-state index contributed by atoms with van der Waals surface area (Å²) in [6.07, 6.45) is 2.46. The van der Waals surface area contributed by atoms with Gasteiger partial charge in [-0.15, -0.1) is 0 Å². The maximum Gasteiger partial charge on any atom is 0.320 e. The van der Waals surface area contributed by atoms with E-state index in [1.807, 2.05) is 0 Å². The summed E-state index contributed by atoms with van der Waals surface area (Å²) in [5.41, 5.74) is 6.51. The van der Waals surface area contributed by atoms with E-state index < -0.39 is 33.6 Å². The Morgan fingerprint density at radius 1 is 1.16 bits per heavy atom. The van der Waals surface area contributed by atoms with Crippen LogP contribution in [0.25, 0.3) is 0 Å². The number of aliphatic carboxylic acids is 1. The van der Waals surface area contributed by atoms with E-state index in [0.717, 1.165) is 19.3 Å². The highest BCUT2D eigenvalue weighted by molar-refractivity contribution is 7.89.